The highest BCUT2D eigenvalue weighted by molar-refractivity contribution is 9.10. The number of piperidine rings is 1. The molecule has 0 saturated carbocycles. The Labute approximate surface area is 207 Å². The quantitative estimate of drug-likeness (QED) is 0.517. The third kappa shape index (κ3) is 5.31. The number of benzene rings is 1. The largest absolute Gasteiger partial charge is 0.484 e. The molecule has 0 aliphatic carbocycles. The maximum absolute atomic E-state index is 12.3. The summed E-state index contributed by atoms with van der Waals surface area (Å²) in [5, 5.41) is 3.68. The highest BCUT2D eigenvalue weighted by Crippen LogP contribution is 2.26. The number of anilines is 2. The molecule has 2 saturated heterocycles. The van der Waals surface area contributed by atoms with Crippen LogP contribution in [0, 0.1) is 6.92 Å². The number of halogens is 1. The molecule has 5 rings (SSSR count). The van der Waals surface area contributed by atoms with E-state index in [0.717, 1.165) is 47.4 Å². The second-order valence-corrected chi connectivity index (χ2v) is 9.87. The molecular formula is C25H29BrN6O2. The molecule has 0 spiro atoms. The third-order valence-corrected chi connectivity index (χ3v) is 7.13. The van der Waals surface area contributed by atoms with Crippen LogP contribution in [0.1, 0.15) is 31.4 Å². The number of hydrogen-bond donors (Lipinski definition) is 1. The minimum absolute atomic E-state index is 0.0819. The molecule has 34 heavy (non-hydrogen) atoms. The van der Waals surface area contributed by atoms with E-state index in [4.69, 9.17) is 14.7 Å². The van der Waals surface area contributed by atoms with Gasteiger partial charge >= 0.3 is 0 Å². The van der Waals surface area contributed by atoms with Crippen LogP contribution in [0.4, 0.5) is 11.6 Å². The van der Waals surface area contributed by atoms with Crippen molar-refractivity contribution in [1.82, 2.24) is 19.9 Å². The van der Waals surface area contributed by atoms with Gasteiger partial charge in [0.1, 0.15) is 5.75 Å². The Hall–Kier alpha value is -2.78. The second kappa shape index (κ2) is 10.2. The molecule has 0 atom stereocenters. The molecule has 0 radical (unpaired) electrons. The van der Waals surface area contributed by atoms with Crippen LogP contribution in [0.5, 0.6) is 5.75 Å². The van der Waals surface area contributed by atoms with E-state index in [1.807, 2.05) is 37.3 Å². The number of fused-ring (bicyclic) bond motifs is 1. The maximum atomic E-state index is 12.3. The lowest BCUT2D eigenvalue weighted by Gasteiger charge is -2.36. The van der Waals surface area contributed by atoms with E-state index in [-0.39, 0.29) is 12.5 Å². The number of hydrogen-bond acceptors (Lipinski definition) is 7. The molecule has 9 heteroatoms. The van der Waals surface area contributed by atoms with E-state index in [9.17, 15) is 4.79 Å². The van der Waals surface area contributed by atoms with Crippen LogP contribution in [-0.4, -0.2) is 64.6 Å². The summed E-state index contributed by atoms with van der Waals surface area (Å²) in [5.74, 6) is 1.13. The van der Waals surface area contributed by atoms with Crippen molar-refractivity contribution >= 4 is 44.5 Å². The van der Waals surface area contributed by atoms with Crippen LogP contribution in [-0.2, 0) is 4.79 Å². The topological polar surface area (TPSA) is 83.5 Å². The first-order valence-corrected chi connectivity index (χ1v) is 12.7. The van der Waals surface area contributed by atoms with Gasteiger partial charge in [-0.1, -0.05) is 15.9 Å². The number of aryl methyl sites for hydroxylation is 1. The van der Waals surface area contributed by atoms with Crippen molar-refractivity contribution in [2.75, 3.05) is 43.0 Å². The fourth-order valence-electron chi connectivity index (χ4n) is 4.77. The lowest BCUT2D eigenvalue weighted by Crippen LogP contribution is -2.44. The molecule has 178 valence electrons. The first-order valence-electron chi connectivity index (χ1n) is 11.9. The monoisotopic (exact) mass is 524 g/mol. The summed E-state index contributed by atoms with van der Waals surface area (Å²) < 4.78 is 6.50. The molecule has 1 amide bonds. The highest BCUT2D eigenvalue weighted by Gasteiger charge is 2.27. The van der Waals surface area contributed by atoms with Gasteiger partial charge in [-0.15, -0.1) is 0 Å². The summed E-state index contributed by atoms with van der Waals surface area (Å²) in [4.78, 5) is 31.3. The van der Waals surface area contributed by atoms with E-state index in [0.29, 0.717) is 23.1 Å². The molecule has 3 aromatic rings. The standard InChI is InChI=1S/C25H29BrN6O2/c1-17-22-14-19(29-23(33)16-34-21-6-4-18(26)5-7-21)15-27-24(22)30-25(28-17)32-12-8-20(9-13-32)31-10-2-3-11-31/h4-7,14-15,20H,2-3,8-13,16H2,1H3,(H,29,33). The Morgan fingerprint density at radius 3 is 2.59 bits per heavy atom. The van der Waals surface area contributed by atoms with Crippen molar-refractivity contribution in [3.8, 4) is 5.75 Å². The predicted molar refractivity (Wildman–Crippen MR) is 136 cm³/mol. The van der Waals surface area contributed by atoms with Crippen LogP contribution >= 0.6 is 15.9 Å². The van der Waals surface area contributed by atoms with Gasteiger partial charge in [0.25, 0.3) is 5.91 Å². The van der Waals surface area contributed by atoms with Gasteiger partial charge in [-0.2, -0.15) is 4.98 Å². The first kappa shape index (κ1) is 23.0. The summed E-state index contributed by atoms with van der Waals surface area (Å²) in [6, 6.07) is 9.92. The minimum atomic E-state index is -0.250. The van der Waals surface area contributed by atoms with Crippen LogP contribution in [0.2, 0.25) is 0 Å². The Morgan fingerprint density at radius 1 is 1.12 bits per heavy atom. The Bertz CT molecular complexity index is 1160. The molecule has 1 N–H and O–H groups in total. The third-order valence-electron chi connectivity index (χ3n) is 6.60. The second-order valence-electron chi connectivity index (χ2n) is 8.96. The smallest absolute Gasteiger partial charge is 0.262 e. The number of likely N-dealkylation sites (tertiary alicyclic amines) is 1. The number of nitrogens with zero attached hydrogens (tertiary/aromatic N) is 5. The summed E-state index contributed by atoms with van der Waals surface area (Å²) in [6.07, 6.45) is 6.61. The number of rotatable bonds is 6. The molecule has 2 fully saturated rings. The Kier molecular flexibility index (Phi) is 6.92. The molecular weight excluding hydrogens is 496 g/mol. The minimum Gasteiger partial charge on any atom is -0.484 e. The number of ether oxygens (including phenoxy) is 1. The first-order chi connectivity index (χ1) is 16.5. The van der Waals surface area contributed by atoms with Crippen LogP contribution < -0.4 is 15.0 Å². The van der Waals surface area contributed by atoms with Gasteiger partial charge in [0, 0.05) is 29.0 Å². The molecule has 0 unspecified atom stereocenters. The molecule has 8 nitrogen and oxygen atoms in total. The van der Waals surface area contributed by atoms with Crippen LogP contribution in [0.25, 0.3) is 11.0 Å². The normalized spacial score (nSPS) is 17.3. The molecule has 1 aromatic carbocycles. The van der Waals surface area contributed by atoms with E-state index >= 15 is 0 Å². The van der Waals surface area contributed by atoms with Gasteiger partial charge in [0.05, 0.1) is 17.6 Å². The SMILES string of the molecule is Cc1nc(N2CCC(N3CCCC3)CC2)nc2ncc(NC(=O)COc3ccc(Br)cc3)cc12. The number of pyridine rings is 1. The zero-order chi connectivity index (χ0) is 23.5. The lowest BCUT2D eigenvalue weighted by atomic mass is 10.0. The van der Waals surface area contributed by atoms with Crippen molar-refractivity contribution < 1.29 is 9.53 Å². The van der Waals surface area contributed by atoms with Crippen LogP contribution in [0.15, 0.2) is 41.0 Å². The molecule has 0 bridgehead atoms. The van der Waals surface area contributed by atoms with E-state index in [2.05, 4.69) is 36.0 Å². The van der Waals surface area contributed by atoms with Crippen molar-refractivity contribution in [2.45, 2.75) is 38.6 Å². The van der Waals surface area contributed by atoms with Crippen molar-refractivity contribution in [3.05, 3.63) is 46.7 Å². The van der Waals surface area contributed by atoms with Crippen molar-refractivity contribution in [2.24, 2.45) is 0 Å². The predicted octanol–water partition coefficient (Wildman–Crippen LogP) is 4.18. The number of amides is 1. The number of carbonyl (C=O) groups excluding carboxylic acids is 1. The average Bonchev–Trinajstić information content (AvgIpc) is 3.39. The fourth-order valence-corrected chi connectivity index (χ4v) is 5.03. The van der Waals surface area contributed by atoms with Gasteiger partial charge in [0.2, 0.25) is 5.95 Å². The average molecular weight is 525 g/mol. The zero-order valence-electron chi connectivity index (χ0n) is 19.3. The summed E-state index contributed by atoms with van der Waals surface area (Å²) in [7, 11) is 0. The zero-order valence-corrected chi connectivity index (χ0v) is 20.9. The molecule has 4 heterocycles. The van der Waals surface area contributed by atoms with Gasteiger partial charge in [-0.05, 0) is 76.0 Å². The Morgan fingerprint density at radius 2 is 1.85 bits per heavy atom. The fraction of sp³-hybridized carbons (Fsp3) is 0.440. The van der Waals surface area contributed by atoms with Gasteiger partial charge in [0.15, 0.2) is 12.3 Å². The van der Waals surface area contributed by atoms with Gasteiger partial charge < -0.3 is 19.9 Å². The van der Waals surface area contributed by atoms with Crippen molar-refractivity contribution in [3.63, 3.8) is 0 Å². The molecule has 2 aliphatic rings. The number of aromatic nitrogens is 3. The lowest BCUT2D eigenvalue weighted by molar-refractivity contribution is -0.118. The van der Waals surface area contributed by atoms with E-state index < -0.39 is 0 Å². The van der Waals surface area contributed by atoms with Gasteiger partial charge in [-0.3, -0.25) is 4.79 Å². The number of carbonyl (C=O) groups is 1. The van der Waals surface area contributed by atoms with E-state index in [1.54, 1.807) is 6.20 Å². The summed E-state index contributed by atoms with van der Waals surface area (Å²) in [5.41, 5.74) is 2.10. The van der Waals surface area contributed by atoms with E-state index in [1.165, 1.54) is 25.9 Å². The summed E-state index contributed by atoms with van der Waals surface area (Å²) in [6.45, 7) is 6.32. The van der Waals surface area contributed by atoms with Gasteiger partial charge in [-0.25, -0.2) is 9.97 Å². The summed E-state index contributed by atoms with van der Waals surface area (Å²) >= 11 is 3.38. The maximum Gasteiger partial charge on any atom is 0.262 e. The van der Waals surface area contributed by atoms with Crippen molar-refractivity contribution in [1.29, 1.82) is 0 Å². The molecule has 2 aromatic heterocycles. The highest BCUT2D eigenvalue weighted by atomic mass is 79.9. The molecule has 2 aliphatic heterocycles. The Balaban J connectivity index is 1.21. The van der Waals surface area contributed by atoms with Crippen LogP contribution in [0.3, 0.4) is 0 Å². The number of nitrogens with one attached hydrogen (secondary N) is 1.